The van der Waals surface area contributed by atoms with Gasteiger partial charge in [0.15, 0.2) is 0 Å². The smallest absolute Gasteiger partial charge is 0.0303 e. The molecule has 0 amide bonds. The van der Waals surface area contributed by atoms with Gasteiger partial charge in [-0.3, -0.25) is 4.90 Å². The van der Waals surface area contributed by atoms with E-state index >= 15 is 0 Å². The zero-order valence-electron chi connectivity index (χ0n) is 13.6. The lowest BCUT2D eigenvalue weighted by molar-refractivity contribution is 0.191. The molecule has 1 saturated heterocycles. The molecule has 2 nitrogen and oxygen atoms in total. The molecule has 0 bridgehead atoms. The van der Waals surface area contributed by atoms with Gasteiger partial charge in [0.25, 0.3) is 0 Å². The van der Waals surface area contributed by atoms with Gasteiger partial charge in [-0.1, -0.05) is 37.6 Å². The van der Waals surface area contributed by atoms with E-state index < -0.39 is 0 Å². The number of aryl methyl sites for hydroxylation is 2. The first-order chi connectivity index (χ1) is 9.58. The Morgan fingerprint density at radius 3 is 2.65 bits per heavy atom. The summed E-state index contributed by atoms with van der Waals surface area (Å²) in [5.74, 6) is 0. The van der Waals surface area contributed by atoms with Gasteiger partial charge in [-0.25, -0.2) is 0 Å². The summed E-state index contributed by atoms with van der Waals surface area (Å²) < 4.78 is 0. The fourth-order valence-electron chi connectivity index (χ4n) is 3.29. The van der Waals surface area contributed by atoms with E-state index in [0.29, 0.717) is 5.54 Å². The molecule has 1 aromatic rings. The minimum absolute atomic E-state index is 0.314. The highest BCUT2D eigenvalue weighted by Crippen LogP contribution is 2.22. The monoisotopic (exact) mass is 274 g/mol. The van der Waals surface area contributed by atoms with Gasteiger partial charge < -0.3 is 5.32 Å². The van der Waals surface area contributed by atoms with Gasteiger partial charge in [0.1, 0.15) is 0 Å². The maximum absolute atomic E-state index is 3.79. The Bertz CT molecular complexity index is 435. The van der Waals surface area contributed by atoms with Gasteiger partial charge in [-0.2, -0.15) is 0 Å². The SMILES string of the molecule is CCC1(CC)CN(Cc2cc(C)ccc2C)CCCN1. The topological polar surface area (TPSA) is 15.3 Å². The first kappa shape index (κ1) is 15.5. The highest BCUT2D eigenvalue weighted by atomic mass is 15.2. The van der Waals surface area contributed by atoms with E-state index in [4.69, 9.17) is 0 Å². The van der Waals surface area contributed by atoms with Crippen LogP contribution in [0.5, 0.6) is 0 Å². The highest BCUT2D eigenvalue weighted by Gasteiger charge is 2.30. The zero-order valence-corrected chi connectivity index (χ0v) is 13.6. The van der Waals surface area contributed by atoms with Crippen molar-refractivity contribution in [2.75, 3.05) is 19.6 Å². The van der Waals surface area contributed by atoms with Crippen LogP contribution in [0.4, 0.5) is 0 Å². The van der Waals surface area contributed by atoms with Crippen LogP contribution in [0.3, 0.4) is 0 Å². The van der Waals surface area contributed by atoms with Crippen molar-refractivity contribution in [2.24, 2.45) is 0 Å². The Morgan fingerprint density at radius 2 is 1.95 bits per heavy atom. The Hall–Kier alpha value is -0.860. The van der Waals surface area contributed by atoms with E-state index in [-0.39, 0.29) is 0 Å². The molecule has 0 saturated carbocycles. The predicted molar refractivity (Wildman–Crippen MR) is 87.1 cm³/mol. The minimum Gasteiger partial charge on any atom is -0.310 e. The van der Waals surface area contributed by atoms with E-state index in [0.717, 1.165) is 13.1 Å². The van der Waals surface area contributed by atoms with Crippen LogP contribution in [0.2, 0.25) is 0 Å². The lowest BCUT2D eigenvalue weighted by Gasteiger charge is -2.35. The van der Waals surface area contributed by atoms with Crippen molar-refractivity contribution in [2.45, 2.75) is 59.0 Å². The molecule has 1 aromatic carbocycles. The highest BCUT2D eigenvalue weighted by molar-refractivity contribution is 5.30. The standard InChI is InChI=1S/C18H30N2/c1-5-18(6-2)14-20(11-7-10-19-18)13-17-12-15(3)8-9-16(17)4/h8-9,12,19H,5-7,10-11,13-14H2,1-4H3. The molecule has 112 valence electrons. The normalized spacial score (nSPS) is 19.8. The molecule has 0 aromatic heterocycles. The molecule has 2 rings (SSSR count). The van der Waals surface area contributed by atoms with E-state index in [1.165, 1.54) is 49.0 Å². The fourth-order valence-corrected chi connectivity index (χ4v) is 3.29. The summed E-state index contributed by atoms with van der Waals surface area (Å²) in [6, 6.07) is 6.83. The van der Waals surface area contributed by atoms with Crippen molar-refractivity contribution in [1.82, 2.24) is 10.2 Å². The van der Waals surface area contributed by atoms with Gasteiger partial charge in [-0.05, 0) is 57.3 Å². The molecular formula is C18H30N2. The molecule has 1 aliphatic rings. The largest absolute Gasteiger partial charge is 0.310 e. The average Bonchev–Trinajstić information content (AvgIpc) is 2.66. The minimum atomic E-state index is 0.314. The summed E-state index contributed by atoms with van der Waals surface area (Å²) in [4.78, 5) is 2.65. The molecule has 0 radical (unpaired) electrons. The molecule has 1 fully saturated rings. The third kappa shape index (κ3) is 3.62. The van der Waals surface area contributed by atoms with Crippen molar-refractivity contribution in [3.8, 4) is 0 Å². The van der Waals surface area contributed by atoms with E-state index in [9.17, 15) is 0 Å². The van der Waals surface area contributed by atoms with Gasteiger partial charge >= 0.3 is 0 Å². The second-order valence-electron chi connectivity index (χ2n) is 6.41. The molecule has 2 heteroatoms. The molecular weight excluding hydrogens is 244 g/mol. The number of hydrogen-bond acceptors (Lipinski definition) is 2. The summed E-state index contributed by atoms with van der Waals surface area (Å²) in [7, 11) is 0. The summed E-state index contributed by atoms with van der Waals surface area (Å²) in [6.45, 7) is 13.7. The molecule has 1 N–H and O–H groups in total. The molecule has 1 aliphatic heterocycles. The Kier molecular flexibility index (Phi) is 5.22. The second-order valence-corrected chi connectivity index (χ2v) is 6.41. The molecule has 20 heavy (non-hydrogen) atoms. The molecule has 0 unspecified atom stereocenters. The number of hydrogen-bond donors (Lipinski definition) is 1. The van der Waals surface area contributed by atoms with Gasteiger partial charge in [0.05, 0.1) is 0 Å². The maximum atomic E-state index is 3.79. The predicted octanol–water partition coefficient (Wildman–Crippen LogP) is 3.66. The van der Waals surface area contributed by atoms with Crippen LogP contribution < -0.4 is 5.32 Å². The fraction of sp³-hybridized carbons (Fsp3) is 0.667. The summed E-state index contributed by atoms with van der Waals surface area (Å²) in [5.41, 5.74) is 4.60. The van der Waals surface area contributed by atoms with Crippen LogP contribution >= 0.6 is 0 Å². The summed E-state index contributed by atoms with van der Waals surface area (Å²) >= 11 is 0. The van der Waals surface area contributed by atoms with E-state index in [2.05, 4.69) is 56.1 Å². The summed E-state index contributed by atoms with van der Waals surface area (Å²) in [6.07, 6.45) is 3.69. The Labute approximate surface area is 124 Å². The third-order valence-electron chi connectivity index (χ3n) is 4.93. The van der Waals surface area contributed by atoms with Crippen LogP contribution in [0.1, 0.15) is 49.8 Å². The Balaban J connectivity index is 2.13. The average molecular weight is 274 g/mol. The summed E-state index contributed by atoms with van der Waals surface area (Å²) in [5, 5.41) is 3.79. The maximum Gasteiger partial charge on any atom is 0.0303 e. The molecule has 1 heterocycles. The first-order valence-electron chi connectivity index (χ1n) is 8.12. The van der Waals surface area contributed by atoms with Crippen LogP contribution in [0.15, 0.2) is 18.2 Å². The van der Waals surface area contributed by atoms with Crippen LogP contribution in [0, 0.1) is 13.8 Å². The van der Waals surface area contributed by atoms with Crippen molar-refractivity contribution >= 4 is 0 Å². The first-order valence-corrected chi connectivity index (χ1v) is 8.12. The molecule has 0 spiro atoms. The third-order valence-corrected chi connectivity index (χ3v) is 4.93. The number of benzene rings is 1. The Morgan fingerprint density at radius 1 is 1.20 bits per heavy atom. The van der Waals surface area contributed by atoms with Crippen molar-refractivity contribution < 1.29 is 0 Å². The molecule has 0 aliphatic carbocycles. The van der Waals surface area contributed by atoms with Crippen LogP contribution in [-0.2, 0) is 6.54 Å². The lowest BCUT2D eigenvalue weighted by atomic mass is 9.92. The van der Waals surface area contributed by atoms with Gasteiger partial charge in [0.2, 0.25) is 0 Å². The van der Waals surface area contributed by atoms with Crippen molar-refractivity contribution in [1.29, 1.82) is 0 Å². The quantitative estimate of drug-likeness (QED) is 0.901. The van der Waals surface area contributed by atoms with E-state index in [1.807, 2.05) is 0 Å². The van der Waals surface area contributed by atoms with Crippen molar-refractivity contribution in [3.63, 3.8) is 0 Å². The number of nitrogens with one attached hydrogen (secondary N) is 1. The van der Waals surface area contributed by atoms with Crippen LogP contribution in [0.25, 0.3) is 0 Å². The lowest BCUT2D eigenvalue weighted by Crippen LogP contribution is -2.50. The van der Waals surface area contributed by atoms with E-state index in [1.54, 1.807) is 0 Å². The number of rotatable bonds is 4. The van der Waals surface area contributed by atoms with Gasteiger partial charge in [0, 0.05) is 18.6 Å². The second kappa shape index (κ2) is 6.73. The van der Waals surface area contributed by atoms with Crippen LogP contribution in [-0.4, -0.2) is 30.1 Å². The zero-order chi connectivity index (χ0) is 14.6. The molecule has 0 atom stereocenters. The van der Waals surface area contributed by atoms with Gasteiger partial charge in [-0.15, -0.1) is 0 Å². The van der Waals surface area contributed by atoms with Crippen molar-refractivity contribution in [3.05, 3.63) is 34.9 Å². The number of nitrogens with zero attached hydrogens (tertiary/aromatic N) is 1.